The highest BCUT2D eigenvalue weighted by Gasteiger charge is 2.35. The largest absolute Gasteiger partial charge is 0.411 e. The lowest BCUT2D eigenvalue weighted by molar-refractivity contribution is -0.122. The van der Waals surface area contributed by atoms with Crippen molar-refractivity contribution in [3.05, 3.63) is 30.1 Å². The Morgan fingerprint density at radius 1 is 1.35 bits per heavy atom. The van der Waals surface area contributed by atoms with E-state index in [1.165, 1.54) is 6.07 Å². The van der Waals surface area contributed by atoms with E-state index in [0.717, 1.165) is 31.0 Å². The molecule has 2 aromatic rings. The molecule has 1 aromatic carbocycles. The third-order valence-corrected chi connectivity index (χ3v) is 5.38. The summed E-state index contributed by atoms with van der Waals surface area (Å²) in [5.74, 6) is -0.630. The van der Waals surface area contributed by atoms with Gasteiger partial charge in [0.05, 0.1) is 16.9 Å². The molecule has 136 valence electrons. The normalized spacial score (nSPS) is 17.3. The molecule has 0 spiro atoms. The lowest BCUT2D eigenvalue weighted by Crippen LogP contribution is -2.50. The number of amides is 1. The zero-order chi connectivity index (χ0) is 18.6. The van der Waals surface area contributed by atoms with E-state index in [4.69, 9.17) is 4.42 Å². The smallest absolute Gasteiger partial charge is 0.277 e. The first kappa shape index (κ1) is 18.4. The fraction of sp³-hybridized carbons (Fsp3) is 0.444. The zero-order valence-corrected chi connectivity index (χ0v) is 15.2. The maximum atomic E-state index is 13.8. The molecule has 0 bridgehead atoms. The number of rotatable bonds is 5. The first-order valence-electron chi connectivity index (χ1n) is 8.51. The molecule has 1 atom stereocenters. The maximum Gasteiger partial charge on any atom is 0.277 e. The number of nitrogens with one attached hydrogen (secondary N) is 1. The Kier molecular flexibility index (Phi) is 5.57. The van der Waals surface area contributed by atoms with Crippen molar-refractivity contribution in [1.82, 2.24) is 15.5 Å². The van der Waals surface area contributed by atoms with E-state index in [0.29, 0.717) is 12.8 Å². The van der Waals surface area contributed by atoms with Crippen molar-refractivity contribution in [1.29, 1.82) is 5.26 Å². The van der Waals surface area contributed by atoms with Gasteiger partial charge >= 0.3 is 0 Å². The first-order chi connectivity index (χ1) is 12.5. The molecule has 1 aliphatic carbocycles. The van der Waals surface area contributed by atoms with Crippen LogP contribution < -0.4 is 5.32 Å². The molecule has 3 rings (SSSR count). The van der Waals surface area contributed by atoms with Crippen molar-refractivity contribution in [2.24, 2.45) is 0 Å². The monoisotopic (exact) mass is 374 g/mol. The number of nitriles is 1. The van der Waals surface area contributed by atoms with Gasteiger partial charge in [0.15, 0.2) is 0 Å². The summed E-state index contributed by atoms with van der Waals surface area (Å²) in [6.45, 7) is 1.71. The molecule has 0 unspecified atom stereocenters. The molecule has 1 saturated carbocycles. The number of hydrogen-bond acceptors (Lipinski definition) is 6. The van der Waals surface area contributed by atoms with Gasteiger partial charge in [-0.05, 0) is 31.9 Å². The Labute approximate surface area is 155 Å². The number of aromatic nitrogens is 2. The van der Waals surface area contributed by atoms with Crippen LogP contribution in [-0.2, 0) is 4.79 Å². The topological polar surface area (TPSA) is 91.8 Å². The van der Waals surface area contributed by atoms with E-state index < -0.39 is 16.6 Å². The van der Waals surface area contributed by atoms with Gasteiger partial charge in [-0.3, -0.25) is 4.79 Å². The van der Waals surface area contributed by atoms with Gasteiger partial charge in [-0.2, -0.15) is 5.26 Å². The van der Waals surface area contributed by atoms with Gasteiger partial charge in [-0.1, -0.05) is 43.2 Å². The summed E-state index contributed by atoms with van der Waals surface area (Å²) in [5.41, 5.74) is -0.563. The van der Waals surface area contributed by atoms with Crippen LogP contribution in [0.15, 0.2) is 33.9 Å². The Morgan fingerprint density at radius 3 is 2.77 bits per heavy atom. The quantitative estimate of drug-likeness (QED) is 0.803. The van der Waals surface area contributed by atoms with Crippen molar-refractivity contribution < 1.29 is 13.6 Å². The molecule has 1 aliphatic rings. The summed E-state index contributed by atoms with van der Waals surface area (Å²) in [7, 11) is 0. The van der Waals surface area contributed by atoms with E-state index in [-0.39, 0.29) is 22.6 Å². The molecule has 6 nitrogen and oxygen atoms in total. The van der Waals surface area contributed by atoms with Crippen LogP contribution in [0.4, 0.5) is 4.39 Å². The predicted octanol–water partition coefficient (Wildman–Crippen LogP) is 3.70. The standard InChI is InChI=1S/C18H19FN4O2S/c1-12(15(24)21-18(11-20)9-5-2-6-10-18)26-17-23-22-16(25-17)13-7-3-4-8-14(13)19/h3-4,7-8,12H,2,5-6,9-10H2,1H3,(H,21,24)/t12-/m1/s1. The van der Waals surface area contributed by atoms with Crippen LogP contribution in [0.2, 0.25) is 0 Å². The average molecular weight is 374 g/mol. The summed E-state index contributed by atoms with van der Waals surface area (Å²) in [5, 5.41) is 19.7. The number of halogens is 1. The van der Waals surface area contributed by atoms with Crippen LogP contribution in [0.5, 0.6) is 0 Å². The van der Waals surface area contributed by atoms with Crippen LogP contribution in [0.25, 0.3) is 11.5 Å². The summed E-state index contributed by atoms with van der Waals surface area (Å²) >= 11 is 1.09. The second-order valence-corrected chi connectivity index (χ2v) is 7.65. The molecular weight excluding hydrogens is 355 g/mol. The average Bonchev–Trinajstić information content (AvgIpc) is 3.11. The highest BCUT2D eigenvalue weighted by atomic mass is 32.2. The second-order valence-electron chi connectivity index (χ2n) is 6.36. The minimum atomic E-state index is -0.780. The van der Waals surface area contributed by atoms with Crippen molar-refractivity contribution in [3.63, 3.8) is 0 Å². The van der Waals surface area contributed by atoms with Crippen LogP contribution in [0.1, 0.15) is 39.0 Å². The Balaban J connectivity index is 1.65. The molecule has 0 aliphatic heterocycles. The molecule has 0 saturated heterocycles. The van der Waals surface area contributed by atoms with Crippen molar-refractivity contribution in [3.8, 4) is 17.5 Å². The maximum absolute atomic E-state index is 13.8. The van der Waals surface area contributed by atoms with Gasteiger partial charge < -0.3 is 9.73 Å². The number of hydrogen-bond donors (Lipinski definition) is 1. The fourth-order valence-electron chi connectivity index (χ4n) is 2.96. The number of thioether (sulfide) groups is 1. The Hall–Kier alpha value is -2.40. The molecular formula is C18H19FN4O2S. The van der Waals surface area contributed by atoms with E-state index in [2.05, 4.69) is 21.6 Å². The van der Waals surface area contributed by atoms with Crippen molar-refractivity contribution >= 4 is 17.7 Å². The Morgan fingerprint density at radius 2 is 2.08 bits per heavy atom. The predicted molar refractivity (Wildman–Crippen MR) is 94.6 cm³/mol. The van der Waals surface area contributed by atoms with Crippen LogP contribution >= 0.6 is 11.8 Å². The van der Waals surface area contributed by atoms with E-state index in [9.17, 15) is 14.4 Å². The van der Waals surface area contributed by atoms with Crippen LogP contribution in [-0.4, -0.2) is 26.9 Å². The molecule has 1 aromatic heterocycles. The van der Waals surface area contributed by atoms with Gasteiger partial charge in [0, 0.05) is 0 Å². The SMILES string of the molecule is C[C@@H](Sc1nnc(-c2ccccc2F)o1)C(=O)NC1(C#N)CCCCC1. The van der Waals surface area contributed by atoms with E-state index >= 15 is 0 Å². The first-order valence-corrected chi connectivity index (χ1v) is 9.39. The number of carbonyl (C=O) groups is 1. The highest BCUT2D eigenvalue weighted by molar-refractivity contribution is 8.00. The lowest BCUT2D eigenvalue weighted by Gasteiger charge is -2.32. The number of carbonyl (C=O) groups excluding carboxylic acids is 1. The third kappa shape index (κ3) is 4.05. The van der Waals surface area contributed by atoms with E-state index in [1.54, 1.807) is 25.1 Å². The van der Waals surface area contributed by atoms with E-state index in [1.807, 2.05) is 0 Å². The fourth-order valence-corrected chi connectivity index (χ4v) is 3.65. The minimum absolute atomic E-state index is 0.0685. The van der Waals surface area contributed by atoms with Crippen molar-refractivity contribution in [2.75, 3.05) is 0 Å². The summed E-state index contributed by atoms with van der Waals surface area (Å²) in [6, 6.07) is 8.38. The lowest BCUT2D eigenvalue weighted by atomic mass is 9.83. The van der Waals surface area contributed by atoms with Gasteiger partial charge in [0.1, 0.15) is 11.4 Å². The minimum Gasteiger partial charge on any atom is -0.411 e. The number of benzene rings is 1. The van der Waals surface area contributed by atoms with Gasteiger partial charge in [0.25, 0.3) is 11.1 Å². The van der Waals surface area contributed by atoms with Gasteiger partial charge in [-0.15, -0.1) is 10.2 Å². The molecule has 0 radical (unpaired) electrons. The summed E-state index contributed by atoms with van der Waals surface area (Å²) < 4.78 is 19.3. The van der Waals surface area contributed by atoms with Crippen LogP contribution in [0, 0.1) is 17.1 Å². The summed E-state index contributed by atoms with van der Waals surface area (Å²) in [6.07, 6.45) is 4.30. The molecule has 26 heavy (non-hydrogen) atoms. The van der Waals surface area contributed by atoms with Gasteiger partial charge in [0.2, 0.25) is 5.91 Å². The molecule has 1 heterocycles. The third-order valence-electron chi connectivity index (χ3n) is 4.44. The molecule has 8 heteroatoms. The summed E-state index contributed by atoms with van der Waals surface area (Å²) in [4.78, 5) is 12.5. The molecule has 1 fully saturated rings. The van der Waals surface area contributed by atoms with Gasteiger partial charge in [-0.25, -0.2) is 4.39 Å². The zero-order valence-electron chi connectivity index (χ0n) is 14.4. The number of nitrogens with zero attached hydrogens (tertiary/aromatic N) is 3. The molecule has 1 N–H and O–H groups in total. The van der Waals surface area contributed by atoms with Crippen molar-refractivity contribution in [2.45, 2.75) is 55.0 Å². The highest BCUT2D eigenvalue weighted by Crippen LogP contribution is 2.30. The Bertz CT molecular complexity index is 827. The van der Waals surface area contributed by atoms with Crippen LogP contribution in [0.3, 0.4) is 0 Å². The second kappa shape index (κ2) is 7.87. The molecule has 1 amide bonds.